The predicted molar refractivity (Wildman–Crippen MR) is 68.5 cm³/mol. The van der Waals surface area contributed by atoms with Gasteiger partial charge in [-0.15, -0.1) is 12.4 Å². The van der Waals surface area contributed by atoms with Crippen molar-refractivity contribution in [3.05, 3.63) is 0 Å². The first-order valence-corrected chi connectivity index (χ1v) is 5.64. The highest BCUT2D eigenvalue weighted by Crippen LogP contribution is 2.15. The van der Waals surface area contributed by atoms with E-state index < -0.39 is 11.5 Å². The minimum Gasteiger partial charge on any atom is -0.469 e. The highest BCUT2D eigenvalue weighted by Gasteiger charge is 2.32. The number of amides is 1. The molecule has 1 saturated heterocycles. The summed E-state index contributed by atoms with van der Waals surface area (Å²) >= 11 is 0. The first-order chi connectivity index (χ1) is 7.86. The molecule has 0 aromatic heterocycles. The Bertz CT molecular complexity index is 309. The summed E-state index contributed by atoms with van der Waals surface area (Å²) in [5.41, 5.74) is -0.748. The van der Waals surface area contributed by atoms with E-state index >= 15 is 0 Å². The number of aliphatic hydroxyl groups is 1. The van der Waals surface area contributed by atoms with E-state index in [0.29, 0.717) is 13.0 Å². The Morgan fingerprint density at radius 1 is 1.50 bits per heavy atom. The molecule has 2 unspecified atom stereocenters. The number of aliphatic hydroxyl groups excluding tert-OH is 1. The second-order valence-corrected chi connectivity index (χ2v) is 4.94. The van der Waals surface area contributed by atoms with Crippen LogP contribution in [0.3, 0.4) is 0 Å². The van der Waals surface area contributed by atoms with Crippen LogP contribution in [0, 0.1) is 5.41 Å². The third-order valence-electron chi connectivity index (χ3n) is 2.87. The van der Waals surface area contributed by atoms with Crippen molar-refractivity contribution < 1.29 is 19.4 Å². The van der Waals surface area contributed by atoms with E-state index in [0.717, 1.165) is 0 Å². The van der Waals surface area contributed by atoms with Gasteiger partial charge in [0.2, 0.25) is 5.91 Å². The molecular weight excluding hydrogens is 260 g/mol. The van der Waals surface area contributed by atoms with Gasteiger partial charge in [0.05, 0.1) is 24.7 Å². The van der Waals surface area contributed by atoms with Crippen molar-refractivity contribution in [3.8, 4) is 0 Å². The Kier molecular flexibility index (Phi) is 6.59. The SMILES string of the molecule is COC(=O)C(C)(C)CNC(=O)C1CC(O)CN1.Cl. The highest BCUT2D eigenvalue weighted by molar-refractivity contribution is 5.85. The molecule has 0 aromatic rings. The molecule has 1 heterocycles. The average Bonchev–Trinajstić information content (AvgIpc) is 2.71. The smallest absolute Gasteiger partial charge is 0.313 e. The molecule has 1 fully saturated rings. The number of halogens is 1. The molecule has 0 saturated carbocycles. The van der Waals surface area contributed by atoms with Crippen LogP contribution in [0.15, 0.2) is 0 Å². The van der Waals surface area contributed by atoms with Gasteiger partial charge in [0.15, 0.2) is 0 Å². The third-order valence-corrected chi connectivity index (χ3v) is 2.87. The number of carbonyl (C=O) groups is 2. The lowest BCUT2D eigenvalue weighted by atomic mass is 9.93. The number of hydrogen-bond acceptors (Lipinski definition) is 5. The van der Waals surface area contributed by atoms with Crippen molar-refractivity contribution in [3.63, 3.8) is 0 Å². The maximum absolute atomic E-state index is 11.7. The highest BCUT2D eigenvalue weighted by atomic mass is 35.5. The molecular formula is C11H21ClN2O4. The Balaban J connectivity index is 0.00000289. The molecule has 1 aliphatic heterocycles. The van der Waals surface area contributed by atoms with Crippen LogP contribution in [0.25, 0.3) is 0 Å². The zero-order valence-electron chi connectivity index (χ0n) is 10.9. The summed E-state index contributed by atoms with van der Waals surface area (Å²) in [4.78, 5) is 23.1. The van der Waals surface area contributed by atoms with Gasteiger partial charge in [-0.25, -0.2) is 0 Å². The molecule has 0 spiro atoms. The van der Waals surface area contributed by atoms with Crippen LogP contribution in [-0.2, 0) is 14.3 Å². The number of β-amino-alcohol motifs (C(OH)–C–C–N with tert-alkyl or cyclic N) is 1. The third kappa shape index (κ3) is 4.44. The molecule has 0 radical (unpaired) electrons. The molecule has 2 atom stereocenters. The van der Waals surface area contributed by atoms with Gasteiger partial charge < -0.3 is 20.5 Å². The van der Waals surface area contributed by atoms with Gasteiger partial charge in [-0.2, -0.15) is 0 Å². The van der Waals surface area contributed by atoms with E-state index in [-0.39, 0.29) is 36.9 Å². The van der Waals surface area contributed by atoms with Crippen molar-refractivity contribution in [2.45, 2.75) is 32.4 Å². The first kappa shape index (κ1) is 17.2. The summed E-state index contributed by atoms with van der Waals surface area (Å²) < 4.78 is 4.64. The van der Waals surface area contributed by atoms with E-state index in [9.17, 15) is 14.7 Å². The monoisotopic (exact) mass is 280 g/mol. The van der Waals surface area contributed by atoms with E-state index in [1.807, 2.05) is 0 Å². The van der Waals surface area contributed by atoms with Gasteiger partial charge in [0.1, 0.15) is 0 Å². The molecule has 7 heteroatoms. The Morgan fingerprint density at radius 3 is 2.56 bits per heavy atom. The van der Waals surface area contributed by atoms with E-state index in [1.165, 1.54) is 7.11 Å². The Labute approximate surface area is 113 Å². The summed E-state index contributed by atoms with van der Waals surface area (Å²) in [5.74, 6) is -0.559. The van der Waals surface area contributed by atoms with Crippen LogP contribution in [-0.4, -0.2) is 49.3 Å². The number of esters is 1. The summed E-state index contributed by atoms with van der Waals surface area (Å²) in [7, 11) is 1.32. The van der Waals surface area contributed by atoms with Crippen LogP contribution in [0.5, 0.6) is 0 Å². The molecule has 1 rings (SSSR count). The van der Waals surface area contributed by atoms with Gasteiger partial charge in [0, 0.05) is 13.1 Å². The van der Waals surface area contributed by atoms with Gasteiger partial charge in [-0.3, -0.25) is 9.59 Å². The molecule has 3 N–H and O–H groups in total. The van der Waals surface area contributed by atoms with E-state index in [1.54, 1.807) is 13.8 Å². The number of carbonyl (C=O) groups excluding carboxylic acids is 2. The van der Waals surface area contributed by atoms with Gasteiger partial charge in [-0.05, 0) is 20.3 Å². The van der Waals surface area contributed by atoms with Gasteiger partial charge >= 0.3 is 5.97 Å². The van der Waals surface area contributed by atoms with Crippen LogP contribution in [0.1, 0.15) is 20.3 Å². The van der Waals surface area contributed by atoms with Crippen molar-refractivity contribution in [1.29, 1.82) is 0 Å². The molecule has 106 valence electrons. The van der Waals surface area contributed by atoms with E-state index in [4.69, 9.17) is 0 Å². The maximum atomic E-state index is 11.7. The van der Waals surface area contributed by atoms with E-state index in [2.05, 4.69) is 15.4 Å². The standard InChI is InChI=1S/C11H20N2O4.ClH/c1-11(2,10(16)17-3)6-13-9(15)8-4-7(14)5-12-8;/h7-8,12,14H,4-6H2,1-3H3,(H,13,15);1H. The average molecular weight is 281 g/mol. The Morgan fingerprint density at radius 2 is 2.11 bits per heavy atom. The number of ether oxygens (including phenoxy) is 1. The molecule has 1 aliphatic rings. The zero-order chi connectivity index (χ0) is 13.1. The quantitative estimate of drug-likeness (QED) is 0.601. The molecule has 0 aromatic carbocycles. The van der Waals surface area contributed by atoms with Crippen molar-refractivity contribution in [2.24, 2.45) is 5.41 Å². The number of rotatable bonds is 4. The van der Waals surface area contributed by atoms with Crippen molar-refractivity contribution in [2.75, 3.05) is 20.2 Å². The minimum absolute atomic E-state index is 0. The van der Waals surface area contributed by atoms with Crippen molar-refractivity contribution in [1.82, 2.24) is 10.6 Å². The molecule has 0 aliphatic carbocycles. The normalized spacial score (nSPS) is 23.1. The second-order valence-electron chi connectivity index (χ2n) is 4.94. The van der Waals surface area contributed by atoms with Gasteiger partial charge in [0.25, 0.3) is 0 Å². The molecule has 6 nitrogen and oxygen atoms in total. The maximum Gasteiger partial charge on any atom is 0.313 e. The molecule has 1 amide bonds. The fraction of sp³-hybridized carbons (Fsp3) is 0.818. The zero-order valence-corrected chi connectivity index (χ0v) is 11.7. The molecule has 0 bridgehead atoms. The first-order valence-electron chi connectivity index (χ1n) is 5.64. The number of nitrogens with one attached hydrogen (secondary N) is 2. The lowest BCUT2D eigenvalue weighted by Crippen LogP contribution is -2.46. The second kappa shape index (κ2) is 6.92. The number of methoxy groups -OCH3 is 1. The lowest BCUT2D eigenvalue weighted by molar-refractivity contribution is -0.150. The molecule has 18 heavy (non-hydrogen) atoms. The van der Waals surface area contributed by atoms with Crippen LogP contribution >= 0.6 is 12.4 Å². The van der Waals surface area contributed by atoms with Gasteiger partial charge in [-0.1, -0.05) is 0 Å². The number of hydrogen-bond donors (Lipinski definition) is 3. The van der Waals surface area contributed by atoms with Crippen LogP contribution < -0.4 is 10.6 Å². The summed E-state index contributed by atoms with van der Waals surface area (Å²) in [6, 6.07) is -0.376. The topological polar surface area (TPSA) is 87.7 Å². The summed E-state index contributed by atoms with van der Waals surface area (Å²) in [5, 5.41) is 14.9. The van der Waals surface area contributed by atoms with Crippen LogP contribution in [0.2, 0.25) is 0 Å². The van der Waals surface area contributed by atoms with Crippen molar-refractivity contribution >= 4 is 24.3 Å². The Hall–Kier alpha value is -0.850. The van der Waals surface area contributed by atoms with Crippen LogP contribution in [0.4, 0.5) is 0 Å². The summed E-state index contributed by atoms with van der Waals surface area (Å²) in [6.45, 7) is 4.05. The fourth-order valence-electron chi connectivity index (χ4n) is 1.70. The minimum atomic E-state index is -0.748. The largest absolute Gasteiger partial charge is 0.469 e. The fourth-order valence-corrected chi connectivity index (χ4v) is 1.70. The predicted octanol–water partition coefficient (Wildman–Crippen LogP) is -0.554. The summed E-state index contributed by atoms with van der Waals surface area (Å²) in [6.07, 6.45) is -0.0656. The lowest BCUT2D eigenvalue weighted by Gasteiger charge is -2.22.